The summed E-state index contributed by atoms with van der Waals surface area (Å²) in [5.74, 6) is 1.00. The summed E-state index contributed by atoms with van der Waals surface area (Å²) in [4.78, 5) is 4.25. The minimum atomic E-state index is 0.131. The molecule has 0 saturated carbocycles. The summed E-state index contributed by atoms with van der Waals surface area (Å²) >= 11 is 0. The molecule has 0 bridgehead atoms. The van der Waals surface area contributed by atoms with Crippen LogP contribution in [0.3, 0.4) is 0 Å². The van der Waals surface area contributed by atoms with Gasteiger partial charge in [0.05, 0.1) is 11.8 Å². The molecule has 0 amide bonds. The largest absolute Gasteiger partial charge is 0.473 e. The third-order valence-electron chi connectivity index (χ3n) is 2.27. The Bertz CT molecular complexity index is 310. The highest BCUT2D eigenvalue weighted by Crippen LogP contribution is 2.21. The molecule has 2 N–H and O–H groups in total. The Morgan fingerprint density at radius 2 is 1.93 bits per heavy atom. The number of aromatic nitrogens is 1. The molecule has 1 aromatic heterocycles. The summed E-state index contributed by atoms with van der Waals surface area (Å²) < 4.78 is 5.65. The lowest BCUT2D eigenvalue weighted by Crippen LogP contribution is -2.20. The third-order valence-corrected chi connectivity index (χ3v) is 2.27. The molecule has 1 heterocycles. The Balaban J connectivity index is 2.80. The first-order valence-corrected chi connectivity index (χ1v) is 4.90. The molecule has 0 aliphatic heterocycles. The molecule has 1 unspecified atom stereocenters. The molecule has 0 saturated heterocycles. The second-order valence-electron chi connectivity index (χ2n) is 3.91. The van der Waals surface area contributed by atoms with Crippen LogP contribution in [0.25, 0.3) is 0 Å². The molecule has 0 fully saturated rings. The van der Waals surface area contributed by atoms with Gasteiger partial charge in [-0.05, 0) is 31.9 Å². The predicted octanol–water partition coefficient (Wildman–Crippen LogP) is 2.40. The highest BCUT2D eigenvalue weighted by atomic mass is 16.5. The molecule has 0 aliphatic rings. The topological polar surface area (TPSA) is 48.1 Å². The van der Waals surface area contributed by atoms with Crippen molar-refractivity contribution in [2.24, 2.45) is 5.92 Å². The zero-order valence-electron chi connectivity index (χ0n) is 9.24. The van der Waals surface area contributed by atoms with Crippen LogP contribution in [0.1, 0.15) is 26.5 Å². The summed E-state index contributed by atoms with van der Waals surface area (Å²) in [5, 5.41) is 0. The van der Waals surface area contributed by atoms with Gasteiger partial charge in [-0.15, -0.1) is 0 Å². The maximum atomic E-state index is 5.75. The van der Waals surface area contributed by atoms with E-state index in [1.807, 2.05) is 26.0 Å². The molecule has 3 heteroatoms. The van der Waals surface area contributed by atoms with Gasteiger partial charge in [-0.25, -0.2) is 4.98 Å². The minimum Gasteiger partial charge on any atom is -0.473 e. The van der Waals surface area contributed by atoms with Crippen LogP contribution in [0.5, 0.6) is 5.88 Å². The van der Waals surface area contributed by atoms with Gasteiger partial charge in [0.2, 0.25) is 5.88 Å². The Hall–Kier alpha value is -1.25. The van der Waals surface area contributed by atoms with Crippen LogP contribution >= 0.6 is 0 Å². The molecule has 0 aromatic carbocycles. The number of nitrogens with zero attached hydrogens (tertiary/aromatic N) is 1. The molecule has 3 nitrogen and oxygen atoms in total. The lowest BCUT2D eigenvalue weighted by molar-refractivity contribution is 0.164. The summed E-state index contributed by atoms with van der Waals surface area (Å²) in [6.07, 6.45) is 0.131. The molecule has 1 atom stereocenters. The molecular formula is C11H18N2O. The summed E-state index contributed by atoms with van der Waals surface area (Å²) in [6.45, 7) is 8.16. The van der Waals surface area contributed by atoms with E-state index in [1.165, 1.54) is 0 Å². The van der Waals surface area contributed by atoms with E-state index in [0.717, 1.165) is 5.69 Å². The van der Waals surface area contributed by atoms with Crippen LogP contribution in [0.15, 0.2) is 12.1 Å². The first-order chi connectivity index (χ1) is 6.50. The molecule has 0 spiro atoms. The van der Waals surface area contributed by atoms with Crippen molar-refractivity contribution < 1.29 is 4.74 Å². The smallest absolute Gasteiger partial charge is 0.237 e. The average molecular weight is 194 g/mol. The fourth-order valence-corrected chi connectivity index (χ4v) is 0.950. The molecule has 14 heavy (non-hydrogen) atoms. The van der Waals surface area contributed by atoms with Gasteiger partial charge in [0, 0.05) is 5.69 Å². The maximum Gasteiger partial charge on any atom is 0.237 e. The monoisotopic (exact) mass is 194 g/mol. The van der Waals surface area contributed by atoms with E-state index >= 15 is 0 Å². The maximum absolute atomic E-state index is 5.75. The van der Waals surface area contributed by atoms with Gasteiger partial charge in [-0.2, -0.15) is 0 Å². The van der Waals surface area contributed by atoms with Crippen molar-refractivity contribution in [3.8, 4) is 5.88 Å². The van der Waals surface area contributed by atoms with Crippen molar-refractivity contribution in [3.05, 3.63) is 17.8 Å². The van der Waals surface area contributed by atoms with Gasteiger partial charge < -0.3 is 10.5 Å². The van der Waals surface area contributed by atoms with Gasteiger partial charge >= 0.3 is 0 Å². The van der Waals surface area contributed by atoms with E-state index in [1.54, 1.807) is 0 Å². The summed E-state index contributed by atoms with van der Waals surface area (Å²) in [5.41, 5.74) is 7.27. The highest BCUT2D eigenvalue weighted by molar-refractivity contribution is 5.48. The molecule has 1 rings (SSSR count). The quantitative estimate of drug-likeness (QED) is 0.803. The second-order valence-corrected chi connectivity index (χ2v) is 3.91. The minimum absolute atomic E-state index is 0.131. The molecule has 0 radical (unpaired) electrons. The summed E-state index contributed by atoms with van der Waals surface area (Å²) in [7, 11) is 0. The zero-order valence-corrected chi connectivity index (χ0v) is 9.24. The first kappa shape index (κ1) is 10.8. The molecular weight excluding hydrogens is 176 g/mol. The van der Waals surface area contributed by atoms with Crippen LogP contribution in [0, 0.1) is 12.8 Å². The Labute approximate surface area is 85.3 Å². The molecule has 78 valence electrons. The van der Waals surface area contributed by atoms with Crippen LogP contribution in [-0.4, -0.2) is 11.1 Å². The number of nitrogens with two attached hydrogens (primary N) is 1. The van der Waals surface area contributed by atoms with Crippen LogP contribution in [0.4, 0.5) is 5.69 Å². The van der Waals surface area contributed by atoms with Crippen LogP contribution in [0.2, 0.25) is 0 Å². The van der Waals surface area contributed by atoms with Gasteiger partial charge in [-0.3, -0.25) is 0 Å². The number of rotatable bonds is 3. The van der Waals surface area contributed by atoms with Crippen molar-refractivity contribution >= 4 is 5.69 Å². The lowest BCUT2D eigenvalue weighted by atomic mass is 10.1. The molecule has 0 aliphatic carbocycles. The van der Waals surface area contributed by atoms with Crippen molar-refractivity contribution in [2.75, 3.05) is 5.73 Å². The fourth-order valence-electron chi connectivity index (χ4n) is 0.950. The van der Waals surface area contributed by atoms with Gasteiger partial charge in [0.1, 0.15) is 0 Å². The number of anilines is 1. The number of hydrogen-bond donors (Lipinski definition) is 1. The van der Waals surface area contributed by atoms with E-state index in [2.05, 4.69) is 18.8 Å². The van der Waals surface area contributed by atoms with Gasteiger partial charge in [-0.1, -0.05) is 13.8 Å². The zero-order chi connectivity index (χ0) is 10.7. The van der Waals surface area contributed by atoms with Crippen LogP contribution < -0.4 is 10.5 Å². The first-order valence-electron chi connectivity index (χ1n) is 4.90. The van der Waals surface area contributed by atoms with E-state index in [4.69, 9.17) is 10.5 Å². The number of pyridine rings is 1. The van der Waals surface area contributed by atoms with Crippen LogP contribution in [-0.2, 0) is 0 Å². The molecule has 1 aromatic rings. The Morgan fingerprint density at radius 3 is 2.50 bits per heavy atom. The average Bonchev–Trinajstić information content (AvgIpc) is 2.11. The van der Waals surface area contributed by atoms with E-state index < -0.39 is 0 Å². The number of nitrogen functional groups attached to an aromatic ring is 1. The van der Waals surface area contributed by atoms with Gasteiger partial charge in [0.25, 0.3) is 0 Å². The predicted molar refractivity (Wildman–Crippen MR) is 58.3 cm³/mol. The number of ether oxygens (including phenoxy) is 1. The van der Waals surface area contributed by atoms with E-state index in [0.29, 0.717) is 17.5 Å². The van der Waals surface area contributed by atoms with Gasteiger partial charge in [0.15, 0.2) is 0 Å². The van der Waals surface area contributed by atoms with E-state index in [-0.39, 0.29) is 6.10 Å². The standard InChI is InChI=1S/C11H18N2O/c1-7(2)9(4)14-11-10(12)6-5-8(3)13-11/h5-7,9H,12H2,1-4H3. The van der Waals surface area contributed by atoms with Crippen molar-refractivity contribution in [1.82, 2.24) is 4.98 Å². The van der Waals surface area contributed by atoms with Crippen molar-refractivity contribution in [1.29, 1.82) is 0 Å². The lowest BCUT2D eigenvalue weighted by Gasteiger charge is -2.18. The third kappa shape index (κ3) is 2.62. The van der Waals surface area contributed by atoms with Crippen molar-refractivity contribution in [2.45, 2.75) is 33.8 Å². The van der Waals surface area contributed by atoms with E-state index in [9.17, 15) is 0 Å². The van der Waals surface area contributed by atoms with Crippen molar-refractivity contribution in [3.63, 3.8) is 0 Å². The Morgan fingerprint density at radius 1 is 1.29 bits per heavy atom. The Kier molecular flexibility index (Phi) is 3.33. The normalized spacial score (nSPS) is 12.9. The SMILES string of the molecule is Cc1ccc(N)c(OC(C)C(C)C)n1. The summed E-state index contributed by atoms with van der Waals surface area (Å²) in [6, 6.07) is 3.70. The second kappa shape index (κ2) is 4.31. The highest BCUT2D eigenvalue weighted by Gasteiger charge is 2.11. The fraction of sp³-hybridized carbons (Fsp3) is 0.545. The number of hydrogen-bond acceptors (Lipinski definition) is 3. The number of aryl methyl sites for hydroxylation is 1.